The molecule has 1 aliphatic heterocycles. The highest BCUT2D eigenvalue weighted by Crippen LogP contribution is 2.35. The van der Waals surface area contributed by atoms with Crippen molar-refractivity contribution in [3.63, 3.8) is 0 Å². The van der Waals surface area contributed by atoms with Crippen LogP contribution in [-0.2, 0) is 0 Å². The lowest BCUT2D eigenvalue weighted by Crippen LogP contribution is -2.37. The van der Waals surface area contributed by atoms with E-state index in [1.165, 1.54) is 6.07 Å². The third-order valence-corrected chi connectivity index (χ3v) is 5.55. The Morgan fingerprint density at radius 3 is 2.90 bits per heavy atom. The van der Waals surface area contributed by atoms with Gasteiger partial charge in [0.2, 0.25) is 0 Å². The van der Waals surface area contributed by atoms with Crippen molar-refractivity contribution < 1.29 is 10.6 Å². The smallest absolute Gasteiger partial charge is 0.270 e. The van der Waals surface area contributed by atoms with Crippen LogP contribution in [0.1, 0.15) is 35.5 Å². The molecule has 1 amide bonds. The summed E-state index contributed by atoms with van der Waals surface area (Å²) in [5, 5.41) is 7.74. The number of imidazole rings is 1. The van der Waals surface area contributed by atoms with Crippen LogP contribution in [0, 0.1) is 12.7 Å². The van der Waals surface area contributed by atoms with Crippen LogP contribution in [0.4, 0.5) is 10.2 Å². The van der Waals surface area contributed by atoms with E-state index < -0.39 is 0 Å². The second kappa shape index (κ2) is 7.79. The Morgan fingerprint density at radius 2 is 2.06 bits per heavy atom. The van der Waals surface area contributed by atoms with Crippen LogP contribution in [-0.4, -0.2) is 38.1 Å². The molecule has 1 aliphatic rings. The van der Waals surface area contributed by atoms with Gasteiger partial charge in [-0.15, -0.1) is 5.10 Å². The zero-order valence-corrected chi connectivity index (χ0v) is 16.9. The van der Waals surface area contributed by atoms with E-state index >= 15 is 0 Å². The van der Waals surface area contributed by atoms with Crippen molar-refractivity contribution in [3.05, 3.63) is 89.8 Å². The number of aryl methyl sites for hydroxylation is 1. The molecule has 3 aromatic heterocycles. The molecule has 4 aromatic rings. The molecule has 0 radical (unpaired) electrons. The standard InChI is InChI=1S/C23H21FN6O.H2/c1-15-7-8-25-19(11-15)23(31)27-18-13-20(16-3-2-4-17(24)12-16)29(14-18)22-6-5-21-26-9-10-30(21)28-22;/h2-12,18,20H,13-14H2,1H3,(H,27,31);1H/t18?,20-;/m1./s1. The first kappa shape index (κ1) is 19.2. The third kappa shape index (κ3) is 3.84. The van der Waals surface area contributed by atoms with Gasteiger partial charge in [0.25, 0.3) is 5.91 Å². The van der Waals surface area contributed by atoms with Crippen LogP contribution in [0.3, 0.4) is 0 Å². The summed E-state index contributed by atoms with van der Waals surface area (Å²) in [6.07, 6.45) is 5.74. The minimum absolute atomic E-state index is 0. The van der Waals surface area contributed by atoms with Crippen LogP contribution < -0.4 is 10.2 Å². The SMILES string of the molecule is Cc1ccnc(C(=O)NC2C[C@H](c3cccc(F)c3)N(c3ccc4nccn4n3)C2)c1.[HH]. The van der Waals surface area contributed by atoms with Crippen molar-refractivity contribution in [2.24, 2.45) is 0 Å². The maximum absolute atomic E-state index is 14.0. The third-order valence-electron chi connectivity index (χ3n) is 5.55. The molecule has 7 nitrogen and oxygen atoms in total. The fourth-order valence-corrected chi connectivity index (χ4v) is 4.10. The Morgan fingerprint density at radius 1 is 1.16 bits per heavy atom. The molecular weight excluding hydrogens is 395 g/mol. The second-order valence-corrected chi connectivity index (χ2v) is 7.77. The number of carbonyl (C=O) groups is 1. The summed E-state index contributed by atoms with van der Waals surface area (Å²) < 4.78 is 15.7. The van der Waals surface area contributed by atoms with Gasteiger partial charge in [-0.05, 0) is 60.9 Å². The normalized spacial score (nSPS) is 18.5. The molecule has 0 saturated carbocycles. The van der Waals surface area contributed by atoms with Crippen LogP contribution in [0.25, 0.3) is 5.65 Å². The van der Waals surface area contributed by atoms with E-state index in [-0.39, 0.29) is 25.2 Å². The van der Waals surface area contributed by atoms with E-state index in [1.807, 2.05) is 31.2 Å². The molecule has 4 heterocycles. The number of nitrogens with zero attached hydrogens (tertiary/aromatic N) is 5. The number of hydrogen-bond donors (Lipinski definition) is 1. The number of nitrogens with one attached hydrogen (secondary N) is 1. The Bertz CT molecular complexity index is 1260. The number of hydrogen-bond acceptors (Lipinski definition) is 5. The van der Waals surface area contributed by atoms with Crippen molar-refractivity contribution >= 4 is 17.4 Å². The molecule has 31 heavy (non-hydrogen) atoms. The van der Waals surface area contributed by atoms with Crippen molar-refractivity contribution in [1.29, 1.82) is 0 Å². The van der Waals surface area contributed by atoms with Gasteiger partial charge in [0.15, 0.2) is 5.65 Å². The predicted molar refractivity (Wildman–Crippen MR) is 116 cm³/mol. The lowest BCUT2D eigenvalue weighted by atomic mass is 10.0. The van der Waals surface area contributed by atoms with E-state index in [4.69, 9.17) is 0 Å². The fraction of sp³-hybridized carbons (Fsp3) is 0.217. The lowest BCUT2D eigenvalue weighted by molar-refractivity contribution is 0.0934. The van der Waals surface area contributed by atoms with Crippen molar-refractivity contribution in [3.8, 4) is 0 Å². The summed E-state index contributed by atoms with van der Waals surface area (Å²) in [5.74, 6) is 0.240. The lowest BCUT2D eigenvalue weighted by Gasteiger charge is -2.25. The summed E-state index contributed by atoms with van der Waals surface area (Å²) in [6, 6.07) is 13.7. The second-order valence-electron chi connectivity index (χ2n) is 7.77. The number of pyridine rings is 1. The molecule has 5 rings (SSSR count). The zero-order valence-electron chi connectivity index (χ0n) is 16.9. The van der Waals surface area contributed by atoms with E-state index in [2.05, 4.69) is 25.3 Å². The number of anilines is 1. The summed E-state index contributed by atoms with van der Waals surface area (Å²) in [4.78, 5) is 23.3. The van der Waals surface area contributed by atoms with Gasteiger partial charge in [0.05, 0.1) is 6.04 Å². The summed E-state index contributed by atoms with van der Waals surface area (Å²) in [7, 11) is 0. The average molecular weight is 418 g/mol. The molecule has 1 fully saturated rings. The predicted octanol–water partition coefficient (Wildman–Crippen LogP) is 3.57. The van der Waals surface area contributed by atoms with Crippen LogP contribution in [0.5, 0.6) is 0 Å². The maximum Gasteiger partial charge on any atom is 0.270 e. The fourth-order valence-electron chi connectivity index (χ4n) is 4.10. The molecule has 2 atom stereocenters. The minimum atomic E-state index is -0.285. The molecule has 1 saturated heterocycles. The van der Waals surface area contributed by atoms with E-state index in [1.54, 1.807) is 41.3 Å². The first-order valence-corrected chi connectivity index (χ1v) is 10.1. The molecule has 1 N–H and O–H groups in total. The molecule has 1 aromatic carbocycles. The highest BCUT2D eigenvalue weighted by atomic mass is 19.1. The number of fused-ring (bicyclic) bond motifs is 1. The number of carbonyl (C=O) groups excluding carboxylic acids is 1. The molecule has 1 unspecified atom stereocenters. The highest BCUT2D eigenvalue weighted by Gasteiger charge is 2.35. The first-order chi connectivity index (χ1) is 15.1. The van der Waals surface area contributed by atoms with Gasteiger partial charge in [0.1, 0.15) is 17.3 Å². The minimum Gasteiger partial charge on any atom is -0.346 e. The molecular formula is C23H23FN6O. The summed E-state index contributed by atoms with van der Waals surface area (Å²) in [5.41, 5.74) is 2.96. The largest absolute Gasteiger partial charge is 0.346 e. The van der Waals surface area contributed by atoms with Crippen molar-refractivity contribution in [2.45, 2.75) is 25.4 Å². The van der Waals surface area contributed by atoms with Crippen LogP contribution in [0.2, 0.25) is 0 Å². The molecule has 8 heteroatoms. The van der Waals surface area contributed by atoms with E-state index in [0.717, 1.165) is 22.6 Å². The van der Waals surface area contributed by atoms with Crippen molar-refractivity contribution in [1.82, 2.24) is 24.9 Å². The topological polar surface area (TPSA) is 75.4 Å². The number of amides is 1. The van der Waals surface area contributed by atoms with Gasteiger partial charge in [-0.3, -0.25) is 9.78 Å². The number of benzene rings is 1. The van der Waals surface area contributed by atoms with Gasteiger partial charge in [-0.1, -0.05) is 12.1 Å². The van der Waals surface area contributed by atoms with Gasteiger partial charge in [-0.2, -0.15) is 0 Å². The molecule has 158 valence electrons. The number of rotatable bonds is 4. The van der Waals surface area contributed by atoms with Gasteiger partial charge in [-0.25, -0.2) is 13.9 Å². The Labute approximate surface area is 180 Å². The summed E-state index contributed by atoms with van der Waals surface area (Å²) >= 11 is 0. The molecule has 0 spiro atoms. The maximum atomic E-state index is 14.0. The Balaban J connectivity index is 0.00000245. The zero-order chi connectivity index (χ0) is 21.4. The van der Waals surface area contributed by atoms with Gasteiger partial charge in [0, 0.05) is 32.6 Å². The molecule has 0 aliphatic carbocycles. The monoisotopic (exact) mass is 418 g/mol. The quantitative estimate of drug-likeness (QED) is 0.548. The first-order valence-electron chi connectivity index (χ1n) is 10.1. The van der Waals surface area contributed by atoms with Crippen molar-refractivity contribution in [2.75, 3.05) is 11.4 Å². The van der Waals surface area contributed by atoms with E-state index in [0.29, 0.717) is 18.7 Å². The molecule has 0 bridgehead atoms. The Hall–Kier alpha value is -3.81. The Kier molecular flexibility index (Phi) is 4.82. The number of aromatic nitrogens is 4. The van der Waals surface area contributed by atoms with Crippen LogP contribution in [0.15, 0.2) is 67.1 Å². The highest BCUT2D eigenvalue weighted by molar-refractivity contribution is 5.92. The van der Waals surface area contributed by atoms with Crippen LogP contribution >= 0.6 is 0 Å². The van der Waals surface area contributed by atoms with Gasteiger partial charge >= 0.3 is 0 Å². The summed E-state index contributed by atoms with van der Waals surface area (Å²) in [6.45, 7) is 2.47. The van der Waals surface area contributed by atoms with Gasteiger partial charge < -0.3 is 10.2 Å². The average Bonchev–Trinajstić information content (AvgIpc) is 3.40. The van der Waals surface area contributed by atoms with E-state index in [9.17, 15) is 9.18 Å². The number of halogens is 1.